The summed E-state index contributed by atoms with van der Waals surface area (Å²) in [6.07, 6.45) is 2.26. The Labute approximate surface area is 160 Å². The SMILES string of the molecule is CN(C(=O)CCCc1ccccc1)c1ccc(-c2ccccc2C#N)cc1. The molecule has 0 N–H and O–H groups in total. The van der Waals surface area contributed by atoms with E-state index in [2.05, 4.69) is 18.2 Å². The minimum atomic E-state index is 0.108. The minimum absolute atomic E-state index is 0.108. The number of hydrogen-bond acceptors (Lipinski definition) is 2. The van der Waals surface area contributed by atoms with Crippen LogP contribution in [0.2, 0.25) is 0 Å². The van der Waals surface area contributed by atoms with Crippen molar-refractivity contribution in [3.63, 3.8) is 0 Å². The average molecular weight is 354 g/mol. The van der Waals surface area contributed by atoms with Crippen LogP contribution in [-0.4, -0.2) is 13.0 Å². The molecule has 3 aromatic carbocycles. The maximum Gasteiger partial charge on any atom is 0.226 e. The van der Waals surface area contributed by atoms with Crippen molar-refractivity contribution in [3.8, 4) is 17.2 Å². The Bertz CT molecular complexity index is 940. The van der Waals surface area contributed by atoms with Crippen molar-refractivity contribution in [3.05, 3.63) is 90.0 Å². The first-order valence-corrected chi connectivity index (χ1v) is 9.09. The zero-order valence-electron chi connectivity index (χ0n) is 15.4. The van der Waals surface area contributed by atoms with Crippen molar-refractivity contribution in [2.75, 3.05) is 11.9 Å². The molecule has 0 heterocycles. The van der Waals surface area contributed by atoms with Gasteiger partial charge in [0, 0.05) is 19.2 Å². The minimum Gasteiger partial charge on any atom is -0.316 e. The van der Waals surface area contributed by atoms with Crippen LogP contribution in [0.4, 0.5) is 5.69 Å². The smallest absolute Gasteiger partial charge is 0.226 e. The maximum absolute atomic E-state index is 12.5. The Kier molecular flexibility index (Phi) is 6.02. The Hall–Kier alpha value is -3.38. The van der Waals surface area contributed by atoms with Gasteiger partial charge in [-0.05, 0) is 47.7 Å². The average Bonchev–Trinajstić information content (AvgIpc) is 2.74. The van der Waals surface area contributed by atoms with Crippen LogP contribution in [0.3, 0.4) is 0 Å². The van der Waals surface area contributed by atoms with E-state index in [9.17, 15) is 10.1 Å². The van der Waals surface area contributed by atoms with Gasteiger partial charge in [0.2, 0.25) is 5.91 Å². The highest BCUT2D eigenvalue weighted by Crippen LogP contribution is 2.26. The van der Waals surface area contributed by atoms with Gasteiger partial charge in [0.05, 0.1) is 11.6 Å². The van der Waals surface area contributed by atoms with Crippen molar-refractivity contribution in [2.24, 2.45) is 0 Å². The van der Waals surface area contributed by atoms with E-state index in [0.717, 1.165) is 29.7 Å². The normalized spacial score (nSPS) is 10.2. The molecule has 3 aromatic rings. The molecule has 3 nitrogen and oxygen atoms in total. The van der Waals surface area contributed by atoms with Gasteiger partial charge in [-0.2, -0.15) is 5.26 Å². The summed E-state index contributed by atoms with van der Waals surface area (Å²) < 4.78 is 0. The Morgan fingerprint density at radius 3 is 2.30 bits per heavy atom. The molecule has 0 aromatic heterocycles. The lowest BCUT2D eigenvalue weighted by Crippen LogP contribution is -2.25. The first-order valence-electron chi connectivity index (χ1n) is 9.09. The topological polar surface area (TPSA) is 44.1 Å². The number of carbonyl (C=O) groups is 1. The van der Waals surface area contributed by atoms with E-state index in [1.54, 1.807) is 4.90 Å². The lowest BCUT2D eigenvalue weighted by atomic mass is 10.00. The molecule has 0 atom stereocenters. The zero-order valence-corrected chi connectivity index (χ0v) is 15.4. The standard InChI is InChI=1S/C24H22N2O/c1-26(24(27)13-7-10-19-8-3-2-4-9-19)22-16-14-20(15-17-22)23-12-6-5-11-21(23)18-25/h2-6,8-9,11-12,14-17H,7,10,13H2,1H3. The van der Waals surface area contributed by atoms with Gasteiger partial charge in [0.15, 0.2) is 0 Å². The number of benzene rings is 3. The van der Waals surface area contributed by atoms with E-state index in [1.807, 2.05) is 73.8 Å². The van der Waals surface area contributed by atoms with Gasteiger partial charge in [0.1, 0.15) is 0 Å². The predicted octanol–water partition coefficient (Wildman–Crippen LogP) is 5.21. The second kappa shape index (κ2) is 8.82. The lowest BCUT2D eigenvalue weighted by Gasteiger charge is -2.18. The molecule has 3 rings (SSSR count). The third-order valence-electron chi connectivity index (χ3n) is 4.69. The molecule has 134 valence electrons. The molecule has 0 saturated carbocycles. The molecular formula is C24H22N2O. The zero-order chi connectivity index (χ0) is 19.1. The Morgan fingerprint density at radius 2 is 1.59 bits per heavy atom. The van der Waals surface area contributed by atoms with Crippen LogP contribution in [-0.2, 0) is 11.2 Å². The molecule has 27 heavy (non-hydrogen) atoms. The number of aryl methyl sites for hydroxylation is 1. The summed E-state index contributed by atoms with van der Waals surface area (Å²) in [5.74, 6) is 0.108. The fourth-order valence-corrected chi connectivity index (χ4v) is 3.10. The molecule has 0 aliphatic rings. The summed E-state index contributed by atoms with van der Waals surface area (Å²) in [5.41, 5.74) is 4.64. The van der Waals surface area contributed by atoms with Crippen LogP contribution in [0.1, 0.15) is 24.0 Å². The van der Waals surface area contributed by atoms with Crippen LogP contribution in [0.15, 0.2) is 78.9 Å². The largest absolute Gasteiger partial charge is 0.316 e. The second-order valence-corrected chi connectivity index (χ2v) is 6.50. The van der Waals surface area contributed by atoms with Gasteiger partial charge in [-0.25, -0.2) is 0 Å². The number of anilines is 1. The summed E-state index contributed by atoms with van der Waals surface area (Å²) in [4.78, 5) is 14.2. The van der Waals surface area contributed by atoms with Crippen LogP contribution in [0.5, 0.6) is 0 Å². The lowest BCUT2D eigenvalue weighted by molar-refractivity contribution is -0.118. The van der Waals surface area contributed by atoms with Crippen molar-refractivity contribution in [2.45, 2.75) is 19.3 Å². The van der Waals surface area contributed by atoms with E-state index >= 15 is 0 Å². The maximum atomic E-state index is 12.5. The highest BCUT2D eigenvalue weighted by molar-refractivity contribution is 5.93. The molecule has 0 unspecified atom stereocenters. The third kappa shape index (κ3) is 4.62. The molecule has 3 heteroatoms. The van der Waals surface area contributed by atoms with E-state index in [4.69, 9.17) is 0 Å². The molecular weight excluding hydrogens is 332 g/mol. The van der Waals surface area contributed by atoms with Crippen LogP contribution < -0.4 is 4.90 Å². The summed E-state index contributed by atoms with van der Waals surface area (Å²) in [6, 6.07) is 27.8. The first kappa shape index (κ1) is 18.4. The fraction of sp³-hybridized carbons (Fsp3) is 0.167. The van der Waals surface area contributed by atoms with Gasteiger partial charge in [0.25, 0.3) is 0 Å². The monoisotopic (exact) mass is 354 g/mol. The summed E-state index contributed by atoms with van der Waals surface area (Å²) in [5, 5.41) is 9.26. The number of amides is 1. The van der Waals surface area contributed by atoms with Crippen molar-refractivity contribution in [1.82, 2.24) is 0 Å². The summed E-state index contributed by atoms with van der Waals surface area (Å²) in [6.45, 7) is 0. The molecule has 0 bridgehead atoms. The van der Waals surface area contributed by atoms with Crippen LogP contribution >= 0.6 is 0 Å². The van der Waals surface area contributed by atoms with Gasteiger partial charge < -0.3 is 4.90 Å². The first-order chi connectivity index (χ1) is 13.2. The van der Waals surface area contributed by atoms with E-state index in [-0.39, 0.29) is 5.91 Å². The molecule has 0 aliphatic heterocycles. The number of rotatable bonds is 6. The number of carbonyl (C=O) groups excluding carboxylic acids is 1. The van der Waals surface area contributed by atoms with E-state index < -0.39 is 0 Å². The summed E-state index contributed by atoms with van der Waals surface area (Å²) >= 11 is 0. The second-order valence-electron chi connectivity index (χ2n) is 6.50. The molecule has 0 saturated heterocycles. The molecule has 0 spiro atoms. The summed E-state index contributed by atoms with van der Waals surface area (Å²) in [7, 11) is 1.81. The fourth-order valence-electron chi connectivity index (χ4n) is 3.10. The van der Waals surface area contributed by atoms with Gasteiger partial charge in [-0.15, -0.1) is 0 Å². The van der Waals surface area contributed by atoms with Crippen LogP contribution in [0, 0.1) is 11.3 Å². The van der Waals surface area contributed by atoms with Gasteiger partial charge in [-0.3, -0.25) is 4.79 Å². The van der Waals surface area contributed by atoms with Gasteiger partial charge in [-0.1, -0.05) is 60.7 Å². The predicted molar refractivity (Wildman–Crippen MR) is 109 cm³/mol. The Balaban J connectivity index is 1.62. The van der Waals surface area contributed by atoms with Crippen LogP contribution in [0.25, 0.3) is 11.1 Å². The van der Waals surface area contributed by atoms with Crippen molar-refractivity contribution < 1.29 is 4.79 Å². The third-order valence-corrected chi connectivity index (χ3v) is 4.69. The quantitative estimate of drug-likeness (QED) is 0.610. The molecule has 0 radical (unpaired) electrons. The highest BCUT2D eigenvalue weighted by Gasteiger charge is 2.11. The number of nitriles is 1. The molecule has 1 amide bonds. The Morgan fingerprint density at radius 1 is 0.926 bits per heavy atom. The number of nitrogens with zero attached hydrogens (tertiary/aromatic N) is 2. The molecule has 0 aliphatic carbocycles. The number of hydrogen-bond donors (Lipinski definition) is 0. The van der Waals surface area contributed by atoms with Gasteiger partial charge >= 0.3 is 0 Å². The van der Waals surface area contributed by atoms with Crippen molar-refractivity contribution >= 4 is 11.6 Å². The van der Waals surface area contributed by atoms with Crippen molar-refractivity contribution in [1.29, 1.82) is 5.26 Å². The highest BCUT2D eigenvalue weighted by atomic mass is 16.2. The molecule has 0 fully saturated rings. The van der Waals surface area contributed by atoms with E-state index in [0.29, 0.717) is 12.0 Å². The van der Waals surface area contributed by atoms with E-state index in [1.165, 1.54) is 5.56 Å².